The van der Waals surface area contributed by atoms with Crippen LogP contribution in [0.3, 0.4) is 0 Å². The van der Waals surface area contributed by atoms with Crippen LogP contribution >= 0.6 is 11.6 Å². The minimum Gasteiger partial charge on any atom is -0.345 e. The number of hydrogen-bond donors (Lipinski definition) is 0. The highest BCUT2D eigenvalue weighted by atomic mass is 35.5. The first-order valence-electron chi connectivity index (χ1n) is 5.23. The summed E-state index contributed by atoms with van der Waals surface area (Å²) in [6.07, 6.45) is 1.91. The smallest absolute Gasteiger partial charge is 0.225 e. The van der Waals surface area contributed by atoms with Gasteiger partial charge in [-0.15, -0.1) is 11.6 Å². The summed E-state index contributed by atoms with van der Waals surface area (Å²) < 4.78 is 0. The lowest BCUT2D eigenvalue weighted by Gasteiger charge is -2.18. The molecule has 2 atom stereocenters. The van der Waals surface area contributed by atoms with Crippen LogP contribution in [-0.2, 0) is 4.79 Å². The fourth-order valence-corrected chi connectivity index (χ4v) is 1.73. The van der Waals surface area contributed by atoms with Crippen molar-refractivity contribution in [3.05, 3.63) is 0 Å². The Kier molecular flexibility index (Phi) is 3.46. The van der Waals surface area contributed by atoms with Gasteiger partial charge in [0, 0.05) is 24.9 Å². The van der Waals surface area contributed by atoms with E-state index in [1.807, 2.05) is 18.9 Å². The van der Waals surface area contributed by atoms with Crippen molar-refractivity contribution in [2.24, 2.45) is 11.3 Å². The molecule has 82 valence electrons. The van der Waals surface area contributed by atoms with E-state index in [0.29, 0.717) is 0 Å². The second-order valence-electron chi connectivity index (χ2n) is 5.07. The van der Waals surface area contributed by atoms with Crippen LogP contribution in [0.1, 0.15) is 33.6 Å². The summed E-state index contributed by atoms with van der Waals surface area (Å²) in [5.74, 6) is 0.533. The van der Waals surface area contributed by atoms with E-state index in [4.69, 9.17) is 11.6 Å². The molecule has 0 N–H and O–H groups in total. The summed E-state index contributed by atoms with van der Waals surface area (Å²) in [5.41, 5.74) is 0.234. The van der Waals surface area contributed by atoms with E-state index < -0.39 is 0 Å². The van der Waals surface area contributed by atoms with Gasteiger partial charge in [-0.3, -0.25) is 4.79 Å². The molecule has 1 aliphatic carbocycles. The molecule has 0 aromatic rings. The highest BCUT2D eigenvalue weighted by Crippen LogP contribution is 2.52. The summed E-state index contributed by atoms with van der Waals surface area (Å²) in [6.45, 7) is 7.03. The minimum absolute atomic E-state index is 0.150. The second kappa shape index (κ2) is 4.09. The SMILES string of the molecule is CC(Cl)CCN(C)C(=O)C1CC1(C)C. The number of amides is 1. The molecule has 1 amide bonds. The zero-order valence-corrected chi connectivity index (χ0v) is 10.3. The maximum Gasteiger partial charge on any atom is 0.225 e. The standard InChI is InChI=1S/C11H20ClNO/c1-8(12)5-6-13(4)10(14)9-7-11(9,2)3/h8-9H,5-7H2,1-4H3. The molecule has 1 fully saturated rings. The predicted octanol–water partition coefficient (Wildman–Crippen LogP) is 2.51. The van der Waals surface area contributed by atoms with Crippen molar-refractivity contribution < 1.29 is 4.79 Å². The van der Waals surface area contributed by atoms with Crippen molar-refractivity contribution in [2.45, 2.75) is 39.0 Å². The van der Waals surface area contributed by atoms with Crippen molar-refractivity contribution in [1.82, 2.24) is 4.90 Å². The van der Waals surface area contributed by atoms with Gasteiger partial charge in [-0.05, 0) is 25.2 Å². The van der Waals surface area contributed by atoms with E-state index in [-0.39, 0.29) is 22.6 Å². The number of carbonyl (C=O) groups excluding carboxylic acids is 1. The van der Waals surface area contributed by atoms with Gasteiger partial charge in [0.25, 0.3) is 0 Å². The molecule has 0 spiro atoms. The van der Waals surface area contributed by atoms with Gasteiger partial charge in [0.2, 0.25) is 5.91 Å². The Bertz CT molecular complexity index is 225. The Labute approximate surface area is 91.6 Å². The molecule has 3 heteroatoms. The molecule has 1 aliphatic rings. The van der Waals surface area contributed by atoms with E-state index in [0.717, 1.165) is 19.4 Å². The van der Waals surface area contributed by atoms with E-state index in [1.54, 1.807) is 0 Å². The highest BCUT2D eigenvalue weighted by molar-refractivity contribution is 6.20. The normalized spacial score (nSPS) is 25.6. The quantitative estimate of drug-likeness (QED) is 0.663. The predicted molar refractivity (Wildman–Crippen MR) is 59.5 cm³/mol. The van der Waals surface area contributed by atoms with E-state index >= 15 is 0 Å². The average Bonchev–Trinajstić information content (AvgIpc) is 2.69. The van der Waals surface area contributed by atoms with Crippen molar-refractivity contribution in [1.29, 1.82) is 0 Å². The van der Waals surface area contributed by atoms with Crippen LogP contribution in [0.4, 0.5) is 0 Å². The van der Waals surface area contributed by atoms with Gasteiger partial charge in [-0.25, -0.2) is 0 Å². The second-order valence-corrected chi connectivity index (χ2v) is 5.82. The van der Waals surface area contributed by atoms with E-state index in [9.17, 15) is 4.79 Å². The Morgan fingerprint density at radius 1 is 1.64 bits per heavy atom. The monoisotopic (exact) mass is 217 g/mol. The molecule has 2 nitrogen and oxygen atoms in total. The van der Waals surface area contributed by atoms with Gasteiger partial charge in [0.05, 0.1) is 0 Å². The van der Waals surface area contributed by atoms with Crippen molar-refractivity contribution in [3.8, 4) is 0 Å². The van der Waals surface area contributed by atoms with Gasteiger partial charge in [-0.2, -0.15) is 0 Å². The third-order valence-corrected chi connectivity index (χ3v) is 3.27. The lowest BCUT2D eigenvalue weighted by Crippen LogP contribution is -2.31. The molecular formula is C11H20ClNO. The zero-order chi connectivity index (χ0) is 10.9. The average molecular weight is 218 g/mol. The molecule has 0 radical (unpaired) electrons. The van der Waals surface area contributed by atoms with Gasteiger partial charge < -0.3 is 4.90 Å². The molecule has 1 rings (SSSR count). The molecule has 0 aromatic heterocycles. The van der Waals surface area contributed by atoms with E-state index in [1.165, 1.54) is 0 Å². The molecule has 0 aromatic carbocycles. The van der Waals surface area contributed by atoms with Crippen LogP contribution in [0.2, 0.25) is 0 Å². The van der Waals surface area contributed by atoms with Gasteiger partial charge in [-0.1, -0.05) is 13.8 Å². The number of halogens is 1. The van der Waals surface area contributed by atoms with Gasteiger partial charge in [0.15, 0.2) is 0 Å². The summed E-state index contributed by atoms with van der Waals surface area (Å²) in [7, 11) is 1.87. The summed E-state index contributed by atoms with van der Waals surface area (Å²) >= 11 is 5.84. The van der Waals surface area contributed by atoms with Crippen molar-refractivity contribution in [3.63, 3.8) is 0 Å². The Morgan fingerprint density at radius 2 is 2.14 bits per heavy atom. The van der Waals surface area contributed by atoms with Crippen LogP contribution < -0.4 is 0 Å². The number of hydrogen-bond acceptors (Lipinski definition) is 1. The number of carbonyl (C=O) groups is 1. The summed E-state index contributed by atoms with van der Waals surface area (Å²) in [6, 6.07) is 0. The van der Waals surface area contributed by atoms with Crippen LogP contribution in [-0.4, -0.2) is 29.8 Å². The van der Waals surface area contributed by atoms with Crippen LogP contribution in [0.15, 0.2) is 0 Å². The molecule has 2 unspecified atom stereocenters. The molecule has 0 heterocycles. The molecule has 0 saturated heterocycles. The lowest BCUT2D eigenvalue weighted by molar-refractivity contribution is -0.132. The van der Waals surface area contributed by atoms with Crippen molar-refractivity contribution in [2.75, 3.05) is 13.6 Å². The van der Waals surface area contributed by atoms with Crippen LogP contribution in [0, 0.1) is 11.3 Å². The lowest BCUT2D eigenvalue weighted by atomic mass is 10.1. The molecule has 14 heavy (non-hydrogen) atoms. The highest BCUT2D eigenvalue weighted by Gasteiger charge is 2.51. The maximum absolute atomic E-state index is 11.8. The van der Waals surface area contributed by atoms with Crippen molar-refractivity contribution >= 4 is 17.5 Å². The number of rotatable bonds is 4. The fraction of sp³-hybridized carbons (Fsp3) is 0.909. The topological polar surface area (TPSA) is 20.3 Å². The molecular weight excluding hydrogens is 198 g/mol. The van der Waals surface area contributed by atoms with Crippen LogP contribution in [0.25, 0.3) is 0 Å². The first-order valence-corrected chi connectivity index (χ1v) is 5.67. The number of nitrogens with zero attached hydrogens (tertiary/aromatic N) is 1. The summed E-state index contributed by atoms with van der Waals surface area (Å²) in [4.78, 5) is 13.6. The Morgan fingerprint density at radius 3 is 2.50 bits per heavy atom. The third-order valence-electron chi connectivity index (χ3n) is 3.05. The van der Waals surface area contributed by atoms with Gasteiger partial charge >= 0.3 is 0 Å². The fourth-order valence-electron chi connectivity index (χ4n) is 1.64. The molecule has 1 saturated carbocycles. The largest absolute Gasteiger partial charge is 0.345 e. The maximum atomic E-state index is 11.8. The van der Waals surface area contributed by atoms with Crippen LogP contribution in [0.5, 0.6) is 0 Å². The third kappa shape index (κ3) is 2.88. The Balaban J connectivity index is 2.31. The zero-order valence-electron chi connectivity index (χ0n) is 9.51. The Hall–Kier alpha value is -0.240. The van der Waals surface area contributed by atoms with E-state index in [2.05, 4.69) is 13.8 Å². The molecule has 0 aliphatic heterocycles. The minimum atomic E-state index is 0.150. The summed E-state index contributed by atoms with van der Waals surface area (Å²) in [5, 5.41) is 0.150. The van der Waals surface area contributed by atoms with Gasteiger partial charge in [0.1, 0.15) is 0 Å². The number of alkyl halides is 1. The first kappa shape index (κ1) is 11.8. The first-order chi connectivity index (χ1) is 6.34. The molecule has 0 bridgehead atoms.